The van der Waals surface area contributed by atoms with Crippen molar-refractivity contribution < 1.29 is 0 Å². The molecule has 0 saturated carbocycles. The second kappa shape index (κ2) is 5.14. The average molecular weight is 296 g/mol. The maximum Gasteiger partial charge on any atom is 0.163 e. The molecule has 3 aromatic heterocycles. The molecule has 1 fully saturated rings. The number of nitrogen functional groups attached to an aromatic ring is 1. The van der Waals surface area contributed by atoms with E-state index in [4.69, 9.17) is 5.73 Å². The summed E-state index contributed by atoms with van der Waals surface area (Å²) in [5, 5.41) is 8.08. The average Bonchev–Trinajstić information content (AvgIpc) is 3.01. The van der Waals surface area contributed by atoms with Gasteiger partial charge in [0.05, 0.1) is 0 Å². The summed E-state index contributed by atoms with van der Waals surface area (Å²) >= 11 is 0. The van der Waals surface area contributed by atoms with Crippen LogP contribution in [0.1, 0.15) is 0 Å². The van der Waals surface area contributed by atoms with Gasteiger partial charge in [0, 0.05) is 32.4 Å². The smallest absolute Gasteiger partial charge is 0.163 e. The van der Waals surface area contributed by atoms with Gasteiger partial charge in [-0.3, -0.25) is 5.10 Å². The Balaban J connectivity index is 1.56. The molecule has 3 N–H and O–H groups in total. The van der Waals surface area contributed by atoms with Crippen LogP contribution < -0.4 is 15.5 Å². The molecule has 112 valence electrons. The van der Waals surface area contributed by atoms with Crippen molar-refractivity contribution in [3.05, 3.63) is 30.7 Å². The predicted molar refractivity (Wildman–Crippen MR) is 84.8 cm³/mol. The Bertz CT molecular complexity index is 776. The van der Waals surface area contributed by atoms with Crippen LogP contribution >= 0.6 is 0 Å². The van der Waals surface area contributed by atoms with E-state index in [-0.39, 0.29) is 0 Å². The number of pyridine rings is 1. The van der Waals surface area contributed by atoms with E-state index in [0.29, 0.717) is 11.5 Å². The van der Waals surface area contributed by atoms with E-state index in [1.807, 2.05) is 24.4 Å². The largest absolute Gasteiger partial charge is 0.383 e. The number of fused-ring (bicyclic) bond motifs is 1. The van der Waals surface area contributed by atoms with Crippen LogP contribution in [0, 0.1) is 0 Å². The van der Waals surface area contributed by atoms with Crippen molar-refractivity contribution in [3.63, 3.8) is 0 Å². The van der Waals surface area contributed by atoms with Crippen LogP contribution in [-0.4, -0.2) is 51.3 Å². The number of nitrogens with one attached hydrogen (secondary N) is 1. The SMILES string of the molecule is Nc1ncnc2[nH]nc(N3CCN(c4ccccn4)CC3)c12. The molecule has 1 aliphatic heterocycles. The molecule has 4 rings (SSSR count). The predicted octanol–water partition coefficient (Wildman–Crippen LogP) is 0.657. The highest BCUT2D eigenvalue weighted by Gasteiger charge is 2.22. The van der Waals surface area contributed by atoms with Gasteiger partial charge in [-0.2, -0.15) is 5.10 Å². The molecule has 4 heterocycles. The topological polar surface area (TPSA) is 99.8 Å². The van der Waals surface area contributed by atoms with Crippen LogP contribution in [-0.2, 0) is 0 Å². The number of aromatic nitrogens is 5. The second-order valence-corrected chi connectivity index (χ2v) is 5.19. The lowest BCUT2D eigenvalue weighted by molar-refractivity contribution is 0.642. The van der Waals surface area contributed by atoms with E-state index in [1.165, 1.54) is 6.33 Å². The van der Waals surface area contributed by atoms with Crippen LogP contribution in [0.3, 0.4) is 0 Å². The first-order valence-electron chi connectivity index (χ1n) is 7.18. The van der Waals surface area contributed by atoms with E-state index in [0.717, 1.165) is 43.2 Å². The van der Waals surface area contributed by atoms with E-state index in [2.05, 4.69) is 34.9 Å². The number of anilines is 3. The number of aromatic amines is 1. The van der Waals surface area contributed by atoms with Crippen molar-refractivity contribution in [1.29, 1.82) is 0 Å². The number of rotatable bonds is 2. The van der Waals surface area contributed by atoms with Gasteiger partial charge in [0.2, 0.25) is 0 Å². The number of hydrogen-bond donors (Lipinski definition) is 2. The van der Waals surface area contributed by atoms with E-state index < -0.39 is 0 Å². The third-order valence-corrected chi connectivity index (χ3v) is 3.92. The molecule has 0 atom stereocenters. The molecule has 8 heteroatoms. The molecule has 0 radical (unpaired) electrons. The highest BCUT2D eigenvalue weighted by molar-refractivity contribution is 5.95. The minimum atomic E-state index is 0.459. The summed E-state index contributed by atoms with van der Waals surface area (Å²) in [5.74, 6) is 2.30. The summed E-state index contributed by atoms with van der Waals surface area (Å²) in [5.41, 5.74) is 6.64. The Hall–Kier alpha value is -2.90. The number of hydrogen-bond acceptors (Lipinski definition) is 7. The number of nitrogens with zero attached hydrogens (tertiary/aromatic N) is 6. The Morgan fingerprint density at radius 3 is 2.59 bits per heavy atom. The van der Waals surface area contributed by atoms with Gasteiger partial charge >= 0.3 is 0 Å². The van der Waals surface area contributed by atoms with Gasteiger partial charge in [0.1, 0.15) is 23.3 Å². The first kappa shape index (κ1) is 12.8. The Morgan fingerprint density at radius 2 is 1.82 bits per heavy atom. The third-order valence-electron chi connectivity index (χ3n) is 3.92. The van der Waals surface area contributed by atoms with E-state index in [9.17, 15) is 0 Å². The minimum absolute atomic E-state index is 0.459. The van der Waals surface area contributed by atoms with Crippen LogP contribution in [0.15, 0.2) is 30.7 Å². The highest BCUT2D eigenvalue weighted by Crippen LogP contribution is 2.27. The molecule has 0 unspecified atom stereocenters. The van der Waals surface area contributed by atoms with Crippen molar-refractivity contribution in [2.24, 2.45) is 0 Å². The summed E-state index contributed by atoms with van der Waals surface area (Å²) in [6.07, 6.45) is 3.26. The zero-order valence-electron chi connectivity index (χ0n) is 12.0. The fraction of sp³-hybridized carbons (Fsp3) is 0.286. The Labute approximate surface area is 127 Å². The van der Waals surface area contributed by atoms with Crippen LogP contribution in [0.4, 0.5) is 17.5 Å². The Kier molecular flexibility index (Phi) is 2.99. The van der Waals surface area contributed by atoms with Crippen LogP contribution in [0.5, 0.6) is 0 Å². The van der Waals surface area contributed by atoms with E-state index in [1.54, 1.807) is 0 Å². The first-order chi connectivity index (χ1) is 10.8. The van der Waals surface area contributed by atoms with Gasteiger partial charge in [-0.25, -0.2) is 15.0 Å². The van der Waals surface area contributed by atoms with Gasteiger partial charge in [-0.05, 0) is 12.1 Å². The molecule has 22 heavy (non-hydrogen) atoms. The van der Waals surface area contributed by atoms with Crippen molar-refractivity contribution in [2.75, 3.05) is 41.7 Å². The molecule has 0 amide bonds. The fourth-order valence-corrected chi connectivity index (χ4v) is 2.78. The molecule has 0 aromatic carbocycles. The molecule has 0 spiro atoms. The molecular weight excluding hydrogens is 280 g/mol. The fourth-order valence-electron chi connectivity index (χ4n) is 2.78. The van der Waals surface area contributed by atoms with Crippen molar-refractivity contribution in [3.8, 4) is 0 Å². The van der Waals surface area contributed by atoms with Crippen LogP contribution in [0.2, 0.25) is 0 Å². The van der Waals surface area contributed by atoms with Gasteiger partial charge in [0.25, 0.3) is 0 Å². The normalized spacial score (nSPS) is 15.5. The van der Waals surface area contributed by atoms with Crippen molar-refractivity contribution in [1.82, 2.24) is 25.1 Å². The lowest BCUT2D eigenvalue weighted by Gasteiger charge is -2.35. The van der Waals surface area contributed by atoms with Gasteiger partial charge < -0.3 is 15.5 Å². The third kappa shape index (κ3) is 2.09. The molecule has 1 saturated heterocycles. The summed E-state index contributed by atoms with van der Waals surface area (Å²) in [6, 6.07) is 5.97. The van der Waals surface area contributed by atoms with E-state index >= 15 is 0 Å². The van der Waals surface area contributed by atoms with Crippen LogP contribution in [0.25, 0.3) is 11.0 Å². The van der Waals surface area contributed by atoms with Gasteiger partial charge in [-0.1, -0.05) is 6.07 Å². The monoisotopic (exact) mass is 296 g/mol. The molecule has 8 nitrogen and oxygen atoms in total. The Morgan fingerprint density at radius 1 is 1.00 bits per heavy atom. The summed E-state index contributed by atoms with van der Waals surface area (Å²) < 4.78 is 0. The summed E-state index contributed by atoms with van der Waals surface area (Å²) in [7, 11) is 0. The molecule has 0 aliphatic carbocycles. The standard InChI is InChI=1S/C14H16N8/c15-12-11-13(18-9-17-12)19-20-14(11)22-7-5-21(6-8-22)10-3-1-2-4-16-10/h1-4,9H,5-8H2,(H3,15,17,18,19,20). The quantitative estimate of drug-likeness (QED) is 0.716. The summed E-state index contributed by atoms with van der Waals surface area (Å²) in [4.78, 5) is 17.1. The van der Waals surface area contributed by atoms with Crippen molar-refractivity contribution >= 4 is 28.5 Å². The van der Waals surface area contributed by atoms with Gasteiger partial charge in [0.15, 0.2) is 11.5 Å². The number of H-pyrrole nitrogens is 1. The highest BCUT2D eigenvalue weighted by atomic mass is 15.3. The van der Waals surface area contributed by atoms with Gasteiger partial charge in [-0.15, -0.1) is 0 Å². The molecule has 0 bridgehead atoms. The number of piperazine rings is 1. The molecule has 3 aromatic rings. The molecular formula is C14H16N8. The lowest BCUT2D eigenvalue weighted by Crippen LogP contribution is -2.47. The second-order valence-electron chi connectivity index (χ2n) is 5.19. The van der Waals surface area contributed by atoms with Crippen molar-refractivity contribution in [2.45, 2.75) is 0 Å². The molecule has 1 aliphatic rings. The zero-order chi connectivity index (χ0) is 14.9. The minimum Gasteiger partial charge on any atom is -0.383 e. The summed E-state index contributed by atoms with van der Waals surface area (Å²) in [6.45, 7) is 3.48. The lowest BCUT2D eigenvalue weighted by atomic mass is 10.2. The maximum atomic E-state index is 5.97. The number of nitrogens with two attached hydrogens (primary N) is 1. The first-order valence-corrected chi connectivity index (χ1v) is 7.18. The zero-order valence-corrected chi connectivity index (χ0v) is 12.0. The maximum absolute atomic E-state index is 5.97.